The highest BCUT2D eigenvalue weighted by atomic mass is 19.1. The molecule has 4 rings (SSSR count). The summed E-state index contributed by atoms with van der Waals surface area (Å²) in [6, 6.07) is 4.25. The van der Waals surface area contributed by atoms with Gasteiger partial charge in [-0.15, -0.1) is 0 Å². The summed E-state index contributed by atoms with van der Waals surface area (Å²) < 4.78 is 28.4. The first kappa shape index (κ1) is 19.6. The molecule has 0 aliphatic carbocycles. The molecule has 7 nitrogen and oxygen atoms in total. The lowest BCUT2D eigenvalue weighted by molar-refractivity contribution is 0.0958. The number of aromatic nitrogens is 3. The zero-order valence-corrected chi connectivity index (χ0v) is 16.1. The minimum Gasteiger partial charge on any atom is -0.493 e. The summed E-state index contributed by atoms with van der Waals surface area (Å²) in [6.07, 6.45) is 7.22. The number of likely N-dealkylation sites (N-methyl/N-ethyl adjacent to an activating group) is 1. The molecule has 0 saturated carbocycles. The van der Waals surface area contributed by atoms with Crippen molar-refractivity contribution in [1.29, 1.82) is 0 Å². The maximum atomic E-state index is 14.2. The number of rotatable bonds is 5. The minimum atomic E-state index is -0.825. The van der Waals surface area contributed by atoms with Crippen LogP contribution < -0.4 is 5.32 Å². The smallest absolute Gasteiger partial charge is 0.257 e. The molecule has 0 spiro atoms. The zero-order valence-electron chi connectivity index (χ0n) is 16.1. The number of nitrogens with one attached hydrogen (secondary N) is 1. The molecule has 0 bridgehead atoms. The summed E-state index contributed by atoms with van der Waals surface area (Å²) in [4.78, 5) is 19.1. The minimum absolute atomic E-state index is 0.000245. The molecular weight excluding hydrogens is 392 g/mol. The Morgan fingerprint density at radius 3 is 2.83 bits per heavy atom. The Bertz CT molecular complexity index is 1190. The van der Waals surface area contributed by atoms with Gasteiger partial charge >= 0.3 is 0 Å². The molecule has 0 unspecified atom stereocenters. The topological polar surface area (TPSA) is 82.8 Å². The molecule has 1 aliphatic heterocycles. The summed E-state index contributed by atoms with van der Waals surface area (Å²) in [5, 5.41) is 17.0. The van der Waals surface area contributed by atoms with Crippen LogP contribution in [0.3, 0.4) is 0 Å². The zero-order chi connectivity index (χ0) is 21.3. The first-order valence-electron chi connectivity index (χ1n) is 9.39. The van der Waals surface area contributed by atoms with Gasteiger partial charge in [0.1, 0.15) is 17.2 Å². The Kier molecular flexibility index (Phi) is 5.18. The van der Waals surface area contributed by atoms with Crippen LogP contribution in [0.15, 0.2) is 54.4 Å². The predicted molar refractivity (Wildman–Crippen MR) is 107 cm³/mol. The SMILES string of the molecule is CCN1C=CC(CNC(=O)c2cnn3c(O)cc(-c4ccc(F)cc4F)nc23)=CC1. The van der Waals surface area contributed by atoms with Gasteiger partial charge in [0.15, 0.2) is 5.65 Å². The van der Waals surface area contributed by atoms with Gasteiger partial charge in [-0.05, 0) is 36.9 Å². The van der Waals surface area contributed by atoms with Crippen LogP contribution in [0.2, 0.25) is 0 Å². The molecule has 1 aliphatic rings. The van der Waals surface area contributed by atoms with Crippen molar-refractivity contribution in [2.24, 2.45) is 0 Å². The van der Waals surface area contributed by atoms with E-state index in [1.165, 1.54) is 18.3 Å². The van der Waals surface area contributed by atoms with Gasteiger partial charge in [0.2, 0.25) is 5.88 Å². The quantitative estimate of drug-likeness (QED) is 0.675. The van der Waals surface area contributed by atoms with E-state index in [0.717, 1.165) is 35.3 Å². The molecule has 9 heteroatoms. The van der Waals surface area contributed by atoms with Crippen LogP contribution in [0.5, 0.6) is 5.88 Å². The number of carbonyl (C=O) groups is 1. The lowest BCUT2D eigenvalue weighted by Crippen LogP contribution is -2.27. The van der Waals surface area contributed by atoms with E-state index in [-0.39, 0.29) is 28.3 Å². The van der Waals surface area contributed by atoms with E-state index < -0.39 is 17.5 Å². The average Bonchev–Trinajstić information content (AvgIpc) is 3.17. The summed E-state index contributed by atoms with van der Waals surface area (Å²) in [5.74, 6) is -2.30. The molecule has 1 amide bonds. The van der Waals surface area contributed by atoms with Crippen molar-refractivity contribution in [3.8, 4) is 17.1 Å². The Balaban J connectivity index is 1.60. The molecule has 30 heavy (non-hydrogen) atoms. The van der Waals surface area contributed by atoms with Crippen LogP contribution in [-0.4, -0.2) is 50.1 Å². The van der Waals surface area contributed by atoms with Gasteiger partial charge in [-0.1, -0.05) is 6.08 Å². The van der Waals surface area contributed by atoms with E-state index in [9.17, 15) is 18.7 Å². The second-order valence-electron chi connectivity index (χ2n) is 6.78. The van der Waals surface area contributed by atoms with E-state index in [2.05, 4.69) is 27.2 Å². The van der Waals surface area contributed by atoms with Crippen molar-refractivity contribution in [3.63, 3.8) is 0 Å². The monoisotopic (exact) mass is 411 g/mol. The van der Waals surface area contributed by atoms with Crippen molar-refractivity contribution >= 4 is 11.6 Å². The van der Waals surface area contributed by atoms with Gasteiger partial charge in [0.25, 0.3) is 5.91 Å². The first-order chi connectivity index (χ1) is 14.5. The van der Waals surface area contributed by atoms with Crippen LogP contribution >= 0.6 is 0 Å². The number of hydrogen-bond donors (Lipinski definition) is 2. The fraction of sp³-hybridized carbons (Fsp3) is 0.190. The highest BCUT2D eigenvalue weighted by molar-refractivity contribution is 6.00. The molecule has 3 aromatic rings. The predicted octanol–water partition coefficient (Wildman–Crippen LogP) is 2.89. The third-order valence-electron chi connectivity index (χ3n) is 4.85. The van der Waals surface area contributed by atoms with Crippen molar-refractivity contribution < 1.29 is 18.7 Å². The number of halogens is 2. The Morgan fingerprint density at radius 2 is 2.13 bits per heavy atom. The van der Waals surface area contributed by atoms with Crippen LogP contribution in [0, 0.1) is 11.6 Å². The average molecular weight is 411 g/mol. The molecular formula is C21H19F2N5O2. The molecule has 2 aromatic heterocycles. The molecule has 154 valence electrons. The van der Waals surface area contributed by atoms with E-state index in [1.807, 2.05) is 18.4 Å². The fourth-order valence-electron chi connectivity index (χ4n) is 3.15. The fourth-order valence-corrected chi connectivity index (χ4v) is 3.15. The highest BCUT2D eigenvalue weighted by Gasteiger charge is 2.19. The van der Waals surface area contributed by atoms with E-state index in [4.69, 9.17) is 0 Å². The number of carbonyl (C=O) groups excluding carboxylic acids is 1. The van der Waals surface area contributed by atoms with E-state index in [1.54, 1.807) is 0 Å². The van der Waals surface area contributed by atoms with Crippen molar-refractivity contribution in [2.75, 3.05) is 19.6 Å². The molecule has 1 aromatic carbocycles. The second-order valence-corrected chi connectivity index (χ2v) is 6.78. The maximum absolute atomic E-state index is 14.2. The van der Waals surface area contributed by atoms with Crippen LogP contribution in [0.25, 0.3) is 16.9 Å². The third kappa shape index (κ3) is 3.73. The normalized spacial score (nSPS) is 13.6. The summed E-state index contributed by atoms with van der Waals surface area (Å²) in [7, 11) is 0. The highest BCUT2D eigenvalue weighted by Crippen LogP contribution is 2.26. The molecule has 0 fully saturated rings. The summed E-state index contributed by atoms with van der Waals surface area (Å²) >= 11 is 0. The van der Waals surface area contributed by atoms with Gasteiger partial charge in [-0.25, -0.2) is 13.8 Å². The van der Waals surface area contributed by atoms with Crippen molar-refractivity contribution in [3.05, 3.63) is 71.6 Å². The maximum Gasteiger partial charge on any atom is 0.257 e. The summed E-state index contributed by atoms with van der Waals surface area (Å²) in [6.45, 7) is 4.06. The number of hydrogen-bond acceptors (Lipinski definition) is 5. The first-order valence-corrected chi connectivity index (χ1v) is 9.39. The largest absolute Gasteiger partial charge is 0.493 e. The van der Waals surface area contributed by atoms with Gasteiger partial charge in [-0.2, -0.15) is 9.61 Å². The Hall–Kier alpha value is -3.75. The van der Waals surface area contributed by atoms with Gasteiger partial charge in [-0.3, -0.25) is 4.79 Å². The standard InChI is InChI=1S/C21H19F2N5O2/c1-2-27-7-5-13(6-8-27)11-24-21(30)16-12-25-28-19(29)10-18(26-20(16)28)15-4-3-14(22)9-17(15)23/h3-7,9-10,12,29H,2,8,11H2,1H3,(H,24,30). The molecule has 0 atom stereocenters. The van der Waals surface area contributed by atoms with E-state index in [0.29, 0.717) is 6.54 Å². The lowest BCUT2D eigenvalue weighted by Gasteiger charge is -2.20. The molecule has 2 N–H and O–H groups in total. The number of fused-ring (bicyclic) bond motifs is 1. The Morgan fingerprint density at radius 1 is 1.30 bits per heavy atom. The second kappa shape index (κ2) is 7.94. The number of benzene rings is 1. The van der Waals surface area contributed by atoms with E-state index >= 15 is 0 Å². The van der Waals surface area contributed by atoms with Crippen LogP contribution in [0.4, 0.5) is 8.78 Å². The summed E-state index contributed by atoms with van der Waals surface area (Å²) in [5.41, 5.74) is 1.22. The molecule has 0 radical (unpaired) electrons. The van der Waals surface area contributed by atoms with Crippen molar-refractivity contribution in [1.82, 2.24) is 24.8 Å². The van der Waals surface area contributed by atoms with Crippen molar-refractivity contribution in [2.45, 2.75) is 6.92 Å². The number of amides is 1. The van der Waals surface area contributed by atoms with Gasteiger partial charge in [0, 0.05) is 37.3 Å². The Labute approximate surface area is 171 Å². The lowest BCUT2D eigenvalue weighted by atomic mass is 10.1. The molecule has 0 saturated heterocycles. The van der Waals surface area contributed by atoms with Crippen LogP contribution in [-0.2, 0) is 0 Å². The molecule has 3 heterocycles. The number of nitrogens with zero attached hydrogens (tertiary/aromatic N) is 4. The van der Waals surface area contributed by atoms with Gasteiger partial charge in [0.05, 0.1) is 11.9 Å². The third-order valence-corrected chi connectivity index (χ3v) is 4.85. The van der Waals surface area contributed by atoms with Crippen LogP contribution in [0.1, 0.15) is 17.3 Å². The number of aromatic hydroxyl groups is 1. The van der Waals surface area contributed by atoms with Gasteiger partial charge < -0.3 is 15.3 Å².